The van der Waals surface area contributed by atoms with Gasteiger partial charge in [-0.3, -0.25) is 4.79 Å². The van der Waals surface area contributed by atoms with Gasteiger partial charge >= 0.3 is 0 Å². The Balaban J connectivity index is 1.92. The van der Waals surface area contributed by atoms with Crippen LogP contribution in [0.2, 0.25) is 0 Å². The molecule has 0 saturated carbocycles. The molecule has 0 spiro atoms. The first-order valence-electron chi connectivity index (χ1n) is 7.92. The first-order chi connectivity index (χ1) is 12.0. The second-order valence-electron chi connectivity index (χ2n) is 5.79. The lowest BCUT2D eigenvalue weighted by atomic mass is 9.98. The van der Waals surface area contributed by atoms with E-state index in [0.717, 1.165) is 11.3 Å². The van der Waals surface area contributed by atoms with E-state index < -0.39 is 0 Å². The number of hydrazone groups is 1. The van der Waals surface area contributed by atoms with Gasteiger partial charge in [0.2, 0.25) is 5.91 Å². The zero-order valence-electron chi connectivity index (χ0n) is 14.4. The molecule has 1 aliphatic heterocycles. The van der Waals surface area contributed by atoms with E-state index in [9.17, 15) is 9.90 Å². The van der Waals surface area contributed by atoms with Gasteiger partial charge < -0.3 is 14.6 Å². The lowest BCUT2D eigenvalue weighted by molar-refractivity contribution is -0.130. The largest absolute Gasteiger partial charge is 0.507 e. The summed E-state index contributed by atoms with van der Waals surface area (Å²) in [4.78, 5) is 12.0. The third kappa shape index (κ3) is 3.28. The number of methoxy groups -OCH3 is 2. The van der Waals surface area contributed by atoms with Crippen LogP contribution in [0, 0.1) is 0 Å². The van der Waals surface area contributed by atoms with Gasteiger partial charge in [0.1, 0.15) is 17.2 Å². The molecule has 1 aliphatic rings. The molecular weight excluding hydrogens is 320 g/mol. The number of carbonyl (C=O) groups is 1. The average molecular weight is 340 g/mol. The molecule has 0 bridgehead atoms. The summed E-state index contributed by atoms with van der Waals surface area (Å²) in [5, 5.41) is 16.2. The molecule has 0 radical (unpaired) electrons. The van der Waals surface area contributed by atoms with Crippen LogP contribution in [-0.2, 0) is 4.79 Å². The highest BCUT2D eigenvalue weighted by Crippen LogP contribution is 2.36. The zero-order chi connectivity index (χ0) is 18.0. The maximum atomic E-state index is 12.0. The number of benzene rings is 2. The number of phenolic OH excluding ortho intramolecular Hbond substituents is 1. The van der Waals surface area contributed by atoms with Crippen LogP contribution in [0.15, 0.2) is 47.6 Å². The fourth-order valence-corrected chi connectivity index (χ4v) is 2.93. The van der Waals surface area contributed by atoms with Crippen molar-refractivity contribution in [1.82, 2.24) is 5.01 Å². The molecule has 0 saturated heterocycles. The highest BCUT2D eigenvalue weighted by Gasteiger charge is 2.32. The number of hydrogen-bond donors (Lipinski definition) is 1. The van der Waals surface area contributed by atoms with Crippen molar-refractivity contribution >= 4 is 11.6 Å². The van der Waals surface area contributed by atoms with Gasteiger partial charge in [0, 0.05) is 25.0 Å². The quantitative estimate of drug-likeness (QED) is 0.928. The van der Waals surface area contributed by atoms with Crippen molar-refractivity contribution in [3.05, 3.63) is 53.6 Å². The van der Waals surface area contributed by atoms with Gasteiger partial charge in [-0.05, 0) is 29.8 Å². The van der Waals surface area contributed by atoms with Crippen LogP contribution in [-0.4, -0.2) is 36.0 Å². The average Bonchev–Trinajstić information content (AvgIpc) is 3.07. The van der Waals surface area contributed by atoms with Crippen molar-refractivity contribution < 1.29 is 19.4 Å². The third-order valence-corrected chi connectivity index (χ3v) is 4.25. The summed E-state index contributed by atoms with van der Waals surface area (Å²) >= 11 is 0. The Bertz CT molecular complexity index is 815. The first kappa shape index (κ1) is 16.8. The molecule has 1 N–H and O–H groups in total. The normalized spacial score (nSPS) is 16.5. The van der Waals surface area contributed by atoms with E-state index >= 15 is 0 Å². The van der Waals surface area contributed by atoms with Gasteiger partial charge in [-0.1, -0.05) is 12.1 Å². The van der Waals surface area contributed by atoms with Crippen molar-refractivity contribution in [2.75, 3.05) is 14.2 Å². The molecule has 6 nitrogen and oxygen atoms in total. The SMILES string of the molecule is COc1ccc(C2CC(c3ccc(OC)cc3O)=NN2C(C)=O)cc1. The Morgan fingerprint density at radius 3 is 2.32 bits per heavy atom. The van der Waals surface area contributed by atoms with Crippen LogP contribution in [0.25, 0.3) is 0 Å². The summed E-state index contributed by atoms with van der Waals surface area (Å²) in [5.41, 5.74) is 2.22. The smallest absolute Gasteiger partial charge is 0.240 e. The van der Waals surface area contributed by atoms with Crippen molar-refractivity contribution in [1.29, 1.82) is 0 Å². The second kappa shape index (κ2) is 6.84. The fourth-order valence-electron chi connectivity index (χ4n) is 2.93. The van der Waals surface area contributed by atoms with Gasteiger partial charge in [-0.2, -0.15) is 5.10 Å². The van der Waals surface area contributed by atoms with Crippen LogP contribution < -0.4 is 9.47 Å². The van der Waals surface area contributed by atoms with Crippen molar-refractivity contribution in [3.63, 3.8) is 0 Å². The third-order valence-electron chi connectivity index (χ3n) is 4.25. The lowest BCUT2D eigenvalue weighted by Crippen LogP contribution is -2.24. The van der Waals surface area contributed by atoms with E-state index in [0.29, 0.717) is 23.4 Å². The summed E-state index contributed by atoms with van der Waals surface area (Å²) in [6, 6.07) is 12.4. The van der Waals surface area contributed by atoms with Gasteiger partial charge in [0.05, 0.1) is 26.0 Å². The Hall–Kier alpha value is -3.02. The fraction of sp³-hybridized carbons (Fsp3) is 0.263. The Morgan fingerprint density at radius 2 is 1.76 bits per heavy atom. The molecule has 1 heterocycles. The molecule has 6 heteroatoms. The standard InChI is InChI=1S/C19H20N2O4/c1-12(22)21-18(13-4-6-14(24-2)7-5-13)11-17(20-21)16-9-8-15(25-3)10-19(16)23/h4-10,18,23H,11H2,1-3H3. The van der Waals surface area contributed by atoms with Crippen LogP contribution in [0.3, 0.4) is 0 Å². The number of rotatable bonds is 4. The van der Waals surface area contributed by atoms with E-state index in [1.54, 1.807) is 26.4 Å². The second-order valence-corrected chi connectivity index (χ2v) is 5.79. The predicted molar refractivity (Wildman–Crippen MR) is 94.1 cm³/mol. The number of nitrogens with zero attached hydrogens (tertiary/aromatic N) is 2. The number of carbonyl (C=O) groups excluding carboxylic acids is 1. The molecule has 0 aromatic heterocycles. The van der Waals surface area contributed by atoms with Crippen molar-refractivity contribution in [2.24, 2.45) is 5.10 Å². The van der Waals surface area contributed by atoms with E-state index in [-0.39, 0.29) is 17.7 Å². The maximum Gasteiger partial charge on any atom is 0.240 e. The molecule has 0 aliphatic carbocycles. The van der Waals surface area contributed by atoms with Crippen LogP contribution in [0.1, 0.15) is 30.5 Å². The molecule has 25 heavy (non-hydrogen) atoms. The number of phenols is 1. The summed E-state index contributed by atoms with van der Waals surface area (Å²) in [7, 11) is 3.15. The van der Waals surface area contributed by atoms with Gasteiger partial charge in [-0.25, -0.2) is 5.01 Å². The summed E-state index contributed by atoms with van der Waals surface area (Å²) in [6.45, 7) is 1.48. The van der Waals surface area contributed by atoms with Gasteiger partial charge in [-0.15, -0.1) is 0 Å². The van der Waals surface area contributed by atoms with Gasteiger partial charge in [0.25, 0.3) is 0 Å². The Morgan fingerprint density at radius 1 is 1.12 bits per heavy atom. The topological polar surface area (TPSA) is 71.4 Å². The molecule has 1 amide bonds. The number of amides is 1. The van der Waals surface area contributed by atoms with Crippen LogP contribution >= 0.6 is 0 Å². The maximum absolute atomic E-state index is 12.0. The van der Waals surface area contributed by atoms with E-state index in [2.05, 4.69) is 5.10 Å². The minimum absolute atomic E-state index is 0.0805. The molecule has 1 atom stereocenters. The molecule has 2 aromatic rings. The summed E-state index contributed by atoms with van der Waals surface area (Å²) < 4.78 is 10.3. The van der Waals surface area contributed by atoms with Crippen molar-refractivity contribution in [3.8, 4) is 17.2 Å². The molecule has 1 unspecified atom stereocenters. The lowest BCUT2D eigenvalue weighted by Gasteiger charge is -2.20. The number of hydrogen-bond acceptors (Lipinski definition) is 5. The van der Waals surface area contributed by atoms with Crippen molar-refractivity contribution in [2.45, 2.75) is 19.4 Å². The molecule has 130 valence electrons. The minimum Gasteiger partial charge on any atom is -0.507 e. The molecule has 3 rings (SSSR count). The molecule has 2 aromatic carbocycles. The van der Waals surface area contributed by atoms with Crippen LogP contribution in [0.5, 0.6) is 17.2 Å². The highest BCUT2D eigenvalue weighted by atomic mass is 16.5. The highest BCUT2D eigenvalue weighted by molar-refractivity contribution is 6.05. The molecule has 0 fully saturated rings. The minimum atomic E-state index is -0.208. The van der Waals surface area contributed by atoms with E-state index in [1.165, 1.54) is 18.0 Å². The first-order valence-corrected chi connectivity index (χ1v) is 7.92. The monoisotopic (exact) mass is 340 g/mol. The van der Waals surface area contributed by atoms with Crippen LogP contribution in [0.4, 0.5) is 0 Å². The molecular formula is C19H20N2O4. The van der Waals surface area contributed by atoms with E-state index in [1.807, 2.05) is 24.3 Å². The Kier molecular flexibility index (Phi) is 4.61. The predicted octanol–water partition coefficient (Wildman–Crippen LogP) is 3.11. The summed E-state index contributed by atoms with van der Waals surface area (Å²) in [6.07, 6.45) is 0.520. The van der Waals surface area contributed by atoms with E-state index in [4.69, 9.17) is 9.47 Å². The zero-order valence-corrected chi connectivity index (χ0v) is 14.4. The number of aromatic hydroxyl groups is 1. The Labute approximate surface area is 146 Å². The summed E-state index contributed by atoms with van der Waals surface area (Å²) in [5.74, 6) is 1.25. The van der Waals surface area contributed by atoms with Gasteiger partial charge in [0.15, 0.2) is 0 Å². The number of ether oxygens (including phenoxy) is 2.